The van der Waals surface area contributed by atoms with Gasteiger partial charge in [0, 0.05) is 12.8 Å². The van der Waals surface area contributed by atoms with E-state index < -0.39 is 5.60 Å². The van der Waals surface area contributed by atoms with Gasteiger partial charge >= 0.3 is 5.97 Å². The summed E-state index contributed by atoms with van der Waals surface area (Å²) >= 11 is 0. The number of fused-ring (bicyclic) bond motifs is 1. The molecule has 1 fully saturated rings. The van der Waals surface area contributed by atoms with Gasteiger partial charge in [0.1, 0.15) is 17.2 Å². The highest BCUT2D eigenvalue weighted by atomic mass is 16.6. The average Bonchev–Trinajstić information content (AvgIpc) is 3.38. The maximum Gasteiger partial charge on any atom is 0.306 e. The van der Waals surface area contributed by atoms with E-state index in [2.05, 4.69) is 15.3 Å². The van der Waals surface area contributed by atoms with Crippen molar-refractivity contribution in [2.75, 3.05) is 7.11 Å². The molecular weight excluding hydrogens is 406 g/mol. The van der Waals surface area contributed by atoms with Crippen molar-refractivity contribution in [3.8, 4) is 11.4 Å². The fraction of sp³-hybridized carbons (Fsp3) is 0.542. The van der Waals surface area contributed by atoms with Crippen LogP contribution in [0.1, 0.15) is 58.7 Å². The van der Waals surface area contributed by atoms with E-state index in [-0.39, 0.29) is 5.97 Å². The smallest absolute Gasteiger partial charge is 0.306 e. The normalized spacial score (nSPS) is 18.8. The second-order valence-electron chi connectivity index (χ2n) is 9.57. The van der Waals surface area contributed by atoms with Crippen LogP contribution in [0.4, 0.5) is 0 Å². The molecule has 0 unspecified atom stereocenters. The number of methoxy groups -OCH3 is 1. The van der Waals surface area contributed by atoms with Gasteiger partial charge in [-0.15, -0.1) is 5.10 Å². The van der Waals surface area contributed by atoms with Crippen LogP contribution in [0.5, 0.6) is 5.75 Å². The number of nitrogens with zero attached hydrogens (tertiary/aromatic N) is 5. The molecule has 0 bridgehead atoms. The molecule has 3 aromatic rings. The molecule has 1 aromatic carbocycles. The monoisotopic (exact) mass is 437 g/mol. The third-order valence-electron chi connectivity index (χ3n) is 5.86. The standard InChI is InChI=1S/C24H31N5O3/c1-24(2,3)32-22(30)12-7-16-5-6-17(13-16)14-21-25-15-20-23(26-21)29(28-27-20)18-8-10-19(31-4)11-9-18/h8-11,15-17H,5-7,12-14H2,1-4H3/t16-,17-/m1/s1. The van der Waals surface area contributed by atoms with Crippen molar-refractivity contribution in [1.29, 1.82) is 0 Å². The summed E-state index contributed by atoms with van der Waals surface area (Å²) in [6.07, 6.45) is 7.33. The van der Waals surface area contributed by atoms with Gasteiger partial charge < -0.3 is 9.47 Å². The van der Waals surface area contributed by atoms with Gasteiger partial charge in [-0.3, -0.25) is 4.79 Å². The quantitative estimate of drug-likeness (QED) is 0.509. The van der Waals surface area contributed by atoms with Gasteiger partial charge in [0.05, 0.1) is 19.0 Å². The first-order valence-corrected chi connectivity index (χ1v) is 11.2. The van der Waals surface area contributed by atoms with Crippen molar-refractivity contribution in [2.45, 2.75) is 64.9 Å². The Morgan fingerprint density at radius 3 is 2.62 bits per heavy atom. The minimum atomic E-state index is -0.418. The molecule has 0 aliphatic heterocycles. The van der Waals surface area contributed by atoms with Crippen LogP contribution >= 0.6 is 0 Å². The van der Waals surface area contributed by atoms with Gasteiger partial charge in [0.15, 0.2) is 11.2 Å². The Labute approximate surface area is 188 Å². The maximum atomic E-state index is 12.0. The van der Waals surface area contributed by atoms with Crippen molar-refractivity contribution in [3.05, 3.63) is 36.3 Å². The number of carbonyl (C=O) groups is 1. The molecule has 0 spiro atoms. The van der Waals surface area contributed by atoms with Crippen LogP contribution in [-0.2, 0) is 16.0 Å². The van der Waals surface area contributed by atoms with Crippen molar-refractivity contribution < 1.29 is 14.3 Å². The van der Waals surface area contributed by atoms with Gasteiger partial charge in [0.25, 0.3) is 0 Å². The predicted molar refractivity (Wildman–Crippen MR) is 121 cm³/mol. The zero-order valence-corrected chi connectivity index (χ0v) is 19.2. The van der Waals surface area contributed by atoms with Crippen LogP contribution < -0.4 is 4.74 Å². The lowest BCUT2D eigenvalue weighted by atomic mass is 9.98. The van der Waals surface area contributed by atoms with E-state index in [1.54, 1.807) is 18.0 Å². The fourth-order valence-electron chi connectivity index (χ4n) is 4.36. The molecule has 0 radical (unpaired) electrons. The summed E-state index contributed by atoms with van der Waals surface area (Å²) in [6, 6.07) is 7.64. The van der Waals surface area contributed by atoms with Crippen molar-refractivity contribution in [2.24, 2.45) is 11.8 Å². The molecule has 0 saturated heterocycles. The van der Waals surface area contributed by atoms with Gasteiger partial charge in [-0.2, -0.15) is 4.68 Å². The summed E-state index contributed by atoms with van der Waals surface area (Å²) in [4.78, 5) is 21.3. The molecular formula is C24H31N5O3. The van der Waals surface area contributed by atoms with E-state index in [1.165, 1.54) is 0 Å². The molecule has 32 heavy (non-hydrogen) atoms. The number of benzene rings is 1. The highest BCUT2D eigenvalue weighted by molar-refractivity contribution is 5.70. The highest BCUT2D eigenvalue weighted by Gasteiger charge is 2.27. The summed E-state index contributed by atoms with van der Waals surface area (Å²) in [5.74, 6) is 2.58. The largest absolute Gasteiger partial charge is 0.497 e. The fourth-order valence-corrected chi connectivity index (χ4v) is 4.36. The minimum Gasteiger partial charge on any atom is -0.497 e. The number of carbonyl (C=O) groups excluding carboxylic acids is 1. The maximum absolute atomic E-state index is 12.0. The van der Waals surface area contributed by atoms with Crippen LogP contribution in [0, 0.1) is 11.8 Å². The van der Waals surface area contributed by atoms with Gasteiger partial charge in [-0.1, -0.05) is 11.6 Å². The van der Waals surface area contributed by atoms with E-state index in [1.807, 2.05) is 45.0 Å². The van der Waals surface area contributed by atoms with E-state index in [9.17, 15) is 4.79 Å². The number of esters is 1. The Bertz CT molecular complexity index is 1070. The topological polar surface area (TPSA) is 92.0 Å². The van der Waals surface area contributed by atoms with E-state index in [0.29, 0.717) is 29.4 Å². The zero-order chi connectivity index (χ0) is 22.7. The lowest BCUT2D eigenvalue weighted by molar-refractivity contribution is -0.155. The molecule has 2 heterocycles. The van der Waals surface area contributed by atoms with Gasteiger partial charge in [0.2, 0.25) is 0 Å². The number of rotatable bonds is 7. The third kappa shape index (κ3) is 5.41. The Kier molecular flexibility index (Phi) is 6.39. The molecule has 8 heteroatoms. The summed E-state index contributed by atoms with van der Waals surface area (Å²) in [5, 5.41) is 8.45. The SMILES string of the molecule is COc1ccc(-n2nnc3cnc(C[C@@H]4CC[C@H](CCC(=O)OC(C)(C)C)C4)nc32)cc1. The number of hydrogen-bond acceptors (Lipinski definition) is 7. The summed E-state index contributed by atoms with van der Waals surface area (Å²) in [6.45, 7) is 5.72. The molecule has 170 valence electrons. The van der Waals surface area contributed by atoms with Crippen LogP contribution in [0.15, 0.2) is 30.5 Å². The van der Waals surface area contributed by atoms with Crippen LogP contribution in [0.2, 0.25) is 0 Å². The molecule has 2 atom stereocenters. The Morgan fingerprint density at radius 1 is 1.16 bits per heavy atom. The van der Waals surface area contributed by atoms with E-state index in [4.69, 9.17) is 14.5 Å². The summed E-state index contributed by atoms with van der Waals surface area (Å²) in [7, 11) is 1.64. The second-order valence-corrected chi connectivity index (χ2v) is 9.57. The lowest BCUT2D eigenvalue weighted by Crippen LogP contribution is -2.24. The lowest BCUT2D eigenvalue weighted by Gasteiger charge is -2.20. The van der Waals surface area contributed by atoms with Crippen molar-refractivity contribution >= 4 is 17.1 Å². The van der Waals surface area contributed by atoms with E-state index in [0.717, 1.165) is 49.4 Å². The predicted octanol–water partition coefficient (Wildman–Crippen LogP) is 4.30. The Morgan fingerprint density at radius 2 is 1.91 bits per heavy atom. The van der Waals surface area contributed by atoms with Gasteiger partial charge in [-0.25, -0.2) is 9.97 Å². The van der Waals surface area contributed by atoms with E-state index >= 15 is 0 Å². The molecule has 1 aliphatic carbocycles. The second kappa shape index (κ2) is 9.22. The Balaban J connectivity index is 1.38. The van der Waals surface area contributed by atoms with Crippen LogP contribution in [-0.4, -0.2) is 43.6 Å². The molecule has 0 amide bonds. The molecule has 1 saturated carbocycles. The third-order valence-corrected chi connectivity index (χ3v) is 5.86. The van der Waals surface area contributed by atoms with Crippen LogP contribution in [0.3, 0.4) is 0 Å². The summed E-state index contributed by atoms with van der Waals surface area (Å²) < 4.78 is 12.4. The molecule has 1 aliphatic rings. The minimum absolute atomic E-state index is 0.103. The van der Waals surface area contributed by atoms with Gasteiger partial charge in [-0.05, 0) is 76.1 Å². The number of ether oxygens (including phenoxy) is 2. The molecule has 8 nitrogen and oxygen atoms in total. The average molecular weight is 438 g/mol. The van der Waals surface area contributed by atoms with Crippen molar-refractivity contribution in [3.63, 3.8) is 0 Å². The first-order valence-electron chi connectivity index (χ1n) is 11.2. The summed E-state index contributed by atoms with van der Waals surface area (Å²) in [5.41, 5.74) is 1.84. The number of aromatic nitrogens is 5. The zero-order valence-electron chi connectivity index (χ0n) is 19.2. The molecule has 2 aromatic heterocycles. The van der Waals surface area contributed by atoms with Crippen LogP contribution in [0.25, 0.3) is 16.9 Å². The Hall–Kier alpha value is -3.03. The first-order chi connectivity index (χ1) is 15.3. The molecule has 4 rings (SSSR count). The van der Waals surface area contributed by atoms with Crippen molar-refractivity contribution in [1.82, 2.24) is 25.0 Å². The first kappa shape index (κ1) is 22.2. The molecule has 0 N–H and O–H groups in total. The number of hydrogen-bond donors (Lipinski definition) is 0. The highest BCUT2D eigenvalue weighted by Crippen LogP contribution is 2.35.